The van der Waals surface area contributed by atoms with E-state index in [0.29, 0.717) is 0 Å². The Bertz CT molecular complexity index is 571. The highest BCUT2D eigenvalue weighted by Gasteiger charge is 2.11. The first kappa shape index (κ1) is 10.8. The van der Waals surface area contributed by atoms with E-state index in [1.165, 1.54) is 5.56 Å². The standard InChI is InChI=1S/C16H14N2/c1-3-7-13(8-4-1)15-11-18-16(12-17-15)14-9-5-2-6-10-14/h1-12,15,17H. The number of nitrogens with one attached hydrogen (secondary N) is 1. The number of nitrogens with zero attached hydrogens (tertiary/aromatic N) is 1. The smallest absolute Gasteiger partial charge is 0.0866 e. The van der Waals surface area contributed by atoms with Gasteiger partial charge >= 0.3 is 0 Å². The van der Waals surface area contributed by atoms with Crippen molar-refractivity contribution in [3.05, 3.63) is 78.0 Å². The molecule has 0 radical (unpaired) electrons. The molecule has 1 aliphatic heterocycles. The fourth-order valence-corrected chi connectivity index (χ4v) is 2.01. The van der Waals surface area contributed by atoms with Crippen molar-refractivity contribution in [3.8, 4) is 0 Å². The maximum atomic E-state index is 4.53. The Labute approximate surface area is 107 Å². The first-order valence-corrected chi connectivity index (χ1v) is 6.04. The minimum Gasteiger partial charge on any atom is -0.377 e. The topological polar surface area (TPSA) is 24.4 Å². The minimum absolute atomic E-state index is 0.165. The second-order valence-electron chi connectivity index (χ2n) is 4.23. The summed E-state index contributed by atoms with van der Waals surface area (Å²) in [6.45, 7) is 0. The van der Waals surface area contributed by atoms with Crippen molar-refractivity contribution in [1.29, 1.82) is 0 Å². The number of hydrogen-bond acceptors (Lipinski definition) is 2. The van der Waals surface area contributed by atoms with E-state index in [9.17, 15) is 0 Å². The van der Waals surface area contributed by atoms with E-state index in [-0.39, 0.29) is 6.04 Å². The summed E-state index contributed by atoms with van der Waals surface area (Å²) >= 11 is 0. The summed E-state index contributed by atoms with van der Waals surface area (Å²) in [6, 6.07) is 20.7. The molecule has 0 spiro atoms. The van der Waals surface area contributed by atoms with Gasteiger partial charge in [-0.05, 0) is 5.56 Å². The molecule has 1 unspecified atom stereocenters. The van der Waals surface area contributed by atoms with Crippen molar-refractivity contribution in [2.24, 2.45) is 4.99 Å². The predicted molar refractivity (Wildman–Crippen MR) is 75.2 cm³/mol. The van der Waals surface area contributed by atoms with Crippen LogP contribution in [0.15, 0.2) is 71.9 Å². The molecule has 1 aliphatic rings. The normalized spacial score (nSPS) is 18.0. The maximum Gasteiger partial charge on any atom is 0.0866 e. The van der Waals surface area contributed by atoms with Gasteiger partial charge in [0, 0.05) is 18.0 Å². The molecule has 1 atom stereocenters. The van der Waals surface area contributed by atoms with E-state index in [1.54, 1.807) is 0 Å². The fraction of sp³-hybridized carbons (Fsp3) is 0.0625. The lowest BCUT2D eigenvalue weighted by Crippen LogP contribution is -2.20. The van der Waals surface area contributed by atoms with Gasteiger partial charge in [-0.25, -0.2) is 0 Å². The largest absolute Gasteiger partial charge is 0.377 e. The SMILES string of the molecule is C1=NC(c2ccccc2)=CNC1c1ccccc1. The Morgan fingerprint density at radius 2 is 1.50 bits per heavy atom. The first-order valence-electron chi connectivity index (χ1n) is 6.04. The zero-order valence-corrected chi connectivity index (χ0v) is 9.95. The quantitative estimate of drug-likeness (QED) is 0.846. The molecule has 0 amide bonds. The average Bonchev–Trinajstić information content (AvgIpc) is 2.49. The van der Waals surface area contributed by atoms with Crippen molar-refractivity contribution in [3.63, 3.8) is 0 Å². The van der Waals surface area contributed by atoms with E-state index in [1.807, 2.05) is 48.8 Å². The highest BCUT2D eigenvalue weighted by Crippen LogP contribution is 2.20. The molecular weight excluding hydrogens is 220 g/mol. The van der Waals surface area contributed by atoms with Gasteiger partial charge in [-0.3, -0.25) is 4.99 Å². The Hall–Kier alpha value is -2.35. The molecule has 2 heteroatoms. The van der Waals surface area contributed by atoms with Gasteiger partial charge in [-0.1, -0.05) is 60.7 Å². The molecule has 1 N–H and O–H groups in total. The Kier molecular flexibility index (Phi) is 2.92. The Balaban J connectivity index is 1.79. The zero-order chi connectivity index (χ0) is 12.2. The Morgan fingerprint density at radius 1 is 0.833 bits per heavy atom. The molecule has 88 valence electrons. The van der Waals surface area contributed by atoms with Crippen molar-refractivity contribution in [2.45, 2.75) is 6.04 Å². The molecule has 0 fully saturated rings. The molecule has 18 heavy (non-hydrogen) atoms. The molecule has 2 aromatic carbocycles. The monoisotopic (exact) mass is 234 g/mol. The third-order valence-electron chi connectivity index (χ3n) is 2.99. The van der Waals surface area contributed by atoms with Crippen LogP contribution in [0.1, 0.15) is 17.2 Å². The molecule has 2 nitrogen and oxygen atoms in total. The summed E-state index contributed by atoms with van der Waals surface area (Å²) in [6.07, 6.45) is 3.94. The van der Waals surface area contributed by atoms with Gasteiger partial charge < -0.3 is 5.32 Å². The van der Waals surface area contributed by atoms with Crippen molar-refractivity contribution >= 4 is 11.9 Å². The molecule has 0 aliphatic carbocycles. The number of aliphatic imine (C=N–C) groups is 1. The second kappa shape index (κ2) is 4.88. The summed E-state index contributed by atoms with van der Waals surface area (Å²) in [5.41, 5.74) is 3.33. The summed E-state index contributed by atoms with van der Waals surface area (Å²) in [5, 5.41) is 3.37. The van der Waals surface area contributed by atoms with Gasteiger partial charge in [0.1, 0.15) is 0 Å². The van der Waals surface area contributed by atoms with Crippen LogP contribution in [0.2, 0.25) is 0 Å². The third kappa shape index (κ3) is 2.18. The van der Waals surface area contributed by atoms with Crippen molar-refractivity contribution in [2.75, 3.05) is 0 Å². The summed E-state index contributed by atoms with van der Waals surface area (Å²) in [7, 11) is 0. The lowest BCUT2D eigenvalue weighted by atomic mass is 10.1. The van der Waals surface area contributed by atoms with Crippen LogP contribution in [0.25, 0.3) is 5.70 Å². The van der Waals surface area contributed by atoms with Crippen LogP contribution in [0, 0.1) is 0 Å². The summed E-state index contributed by atoms with van der Waals surface area (Å²) in [5.74, 6) is 0. The van der Waals surface area contributed by atoms with Crippen LogP contribution in [0.5, 0.6) is 0 Å². The molecule has 0 aromatic heterocycles. The van der Waals surface area contributed by atoms with Gasteiger partial charge in [-0.15, -0.1) is 0 Å². The van der Waals surface area contributed by atoms with Crippen LogP contribution in [-0.4, -0.2) is 6.21 Å². The fourth-order valence-electron chi connectivity index (χ4n) is 2.01. The van der Waals surface area contributed by atoms with E-state index in [0.717, 1.165) is 11.3 Å². The molecule has 0 saturated heterocycles. The first-order chi connectivity index (χ1) is 8.93. The molecule has 2 aromatic rings. The molecular formula is C16H14N2. The summed E-state index contributed by atoms with van der Waals surface area (Å²) < 4.78 is 0. The number of rotatable bonds is 2. The van der Waals surface area contributed by atoms with E-state index < -0.39 is 0 Å². The molecule has 0 saturated carbocycles. The highest BCUT2D eigenvalue weighted by atomic mass is 15.0. The van der Waals surface area contributed by atoms with Gasteiger partial charge in [-0.2, -0.15) is 0 Å². The second-order valence-corrected chi connectivity index (χ2v) is 4.23. The summed E-state index contributed by atoms with van der Waals surface area (Å²) in [4.78, 5) is 4.53. The van der Waals surface area contributed by atoms with Gasteiger partial charge in [0.2, 0.25) is 0 Å². The Morgan fingerprint density at radius 3 is 2.11 bits per heavy atom. The predicted octanol–water partition coefficient (Wildman–Crippen LogP) is 3.40. The van der Waals surface area contributed by atoms with Crippen molar-refractivity contribution < 1.29 is 0 Å². The van der Waals surface area contributed by atoms with E-state index in [4.69, 9.17) is 0 Å². The van der Waals surface area contributed by atoms with Crippen LogP contribution in [-0.2, 0) is 0 Å². The maximum absolute atomic E-state index is 4.53. The number of benzene rings is 2. The lowest BCUT2D eigenvalue weighted by molar-refractivity contribution is 0.798. The van der Waals surface area contributed by atoms with Crippen LogP contribution in [0.3, 0.4) is 0 Å². The molecule has 3 rings (SSSR count). The third-order valence-corrected chi connectivity index (χ3v) is 2.99. The average molecular weight is 234 g/mol. The number of hydrogen-bond donors (Lipinski definition) is 1. The van der Waals surface area contributed by atoms with Crippen LogP contribution < -0.4 is 5.32 Å². The zero-order valence-electron chi connectivity index (χ0n) is 9.95. The van der Waals surface area contributed by atoms with Crippen molar-refractivity contribution in [1.82, 2.24) is 5.32 Å². The van der Waals surface area contributed by atoms with E-state index >= 15 is 0 Å². The van der Waals surface area contributed by atoms with E-state index in [2.05, 4.69) is 34.6 Å². The van der Waals surface area contributed by atoms with Gasteiger partial charge in [0.25, 0.3) is 0 Å². The molecule has 0 bridgehead atoms. The lowest BCUT2D eigenvalue weighted by Gasteiger charge is -2.18. The molecule has 1 heterocycles. The highest BCUT2D eigenvalue weighted by molar-refractivity contribution is 5.80. The minimum atomic E-state index is 0.165. The van der Waals surface area contributed by atoms with Gasteiger partial charge in [0.15, 0.2) is 0 Å². The van der Waals surface area contributed by atoms with Crippen LogP contribution in [0.4, 0.5) is 0 Å². The van der Waals surface area contributed by atoms with Crippen LogP contribution >= 0.6 is 0 Å². The van der Waals surface area contributed by atoms with Gasteiger partial charge in [0.05, 0.1) is 11.7 Å².